The van der Waals surface area contributed by atoms with E-state index in [-0.39, 0.29) is 39.7 Å². The maximum Gasteiger partial charge on any atom is 0.241 e. The van der Waals surface area contributed by atoms with Gasteiger partial charge in [0.05, 0.1) is 33.9 Å². The molecular formula is C28H23Cl2FN2O5. The van der Waals surface area contributed by atoms with Crippen molar-refractivity contribution in [1.82, 2.24) is 4.90 Å². The molecule has 0 aromatic heterocycles. The van der Waals surface area contributed by atoms with Crippen LogP contribution in [-0.4, -0.2) is 40.7 Å². The van der Waals surface area contributed by atoms with E-state index >= 15 is 0 Å². The summed E-state index contributed by atoms with van der Waals surface area (Å²) in [4.78, 5) is 56.4. The second-order valence-electron chi connectivity index (χ2n) is 10.7. The fourth-order valence-electron chi connectivity index (χ4n) is 7.14. The number of hydrogen-bond acceptors (Lipinski definition) is 5. The lowest BCUT2D eigenvalue weighted by Gasteiger charge is -2.49. The predicted molar refractivity (Wildman–Crippen MR) is 137 cm³/mol. The van der Waals surface area contributed by atoms with Crippen LogP contribution in [0.15, 0.2) is 48.0 Å². The Morgan fingerprint density at radius 2 is 1.71 bits per heavy atom. The number of phenols is 1. The van der Waals surface area contributed by atoms with E-state index in [9.17, 15) is 28.7 Å². The fourth-order valence-corrected chi connectivity index (χ4v) is 7.60. The fraction of sp³-hybridized carbons (Fsp3) is 0.357. The van der Waals surface area contributed by atoms with E-state index in [1.165, 1.54) is 31.3 Å². The lowest BCUT2D eigenvalue weighted by molar-refractivity contribution is -0.138. The number of rotatable bonds is 2. The molecule has 6 atom stereocenters. The lowest BCUT2D eigenvalue weighted by Crippen LogP contribution is -2.48. The number of imide groups is 2. The first-order chi connectivity index (χ1) is 18.0. The van der Waals surface area contributed by atoms with E-state index in [2.05, 4.69) is 0 Å². The molecule has 2 aliphatic heterocycles. The number of carbonyl (C=O) groups is 4. The van der Waals surface area contributed by atoms with Gasteiger partial charge in [-0.1, -0.05) is 40.9 Å². The molecule has 1 saturated carbocycles. The SMILES string of the molecule is CN1C(=O)C2CC=C3C(CC4C(=O)N(c5ccc(F)c(Cl)c5)C(=O)C4(C)C3c3ccc(O)cc3Cl)C2C1=O. The number of anilines is 1. The second kappa shape index (κ2) is 8.38. The number of benzene rings is 2. The Kier molecular flexibility index (Phi) is 5.53. The summed E-state index contributed by atoms with van der Waals surface area (Å²) in [5.74, 6) is -5.43. The van der Waals surface area contributed by atoms with Crippen LogP contribution in [0.3, 0.4) is 0 Å². The Bertz CT molecular complexity index is 1490. The summed E-state index contributed by atoms with van der Waals surface area (Å²) in [7, 11) is 1.47. The van der Waals surface area contributed by atoms with Crippen molar-refractivity contribution in [3.05, 3.63) is 69.5 Å². The van der Waals surface area contributed by atoms with Crippen LogP contribution < -0.4 is 4.90 Å². The van der Waals surface area contributed by atoms with Gasteiger partial charge in [-0.25, -0.2) is 9.29 Å². The molecule has 2 saturated heterocycles. The third kappa shape index (κ3) is 3.19. The number of likely N-dealkylation sites (tertiary alicyclic amines) is 1. The number of hydrogen-bond donors (Lipinski definition) is 1. The van der Waals surface area contributed by atoms with Gasteiger partial charge in [-0.3, -0.25) is 24.1 Å². The van der Waals surface area contributed by atoms with E-state index in [1.807, 2.05) is 6.08 Å². The summed E-state index contributed by atoms with van der Waals surface area (Å²) < 4.78 is 13.9. The minimum Gasteiger partial charge on any atom is -0.508 e. The molecule has 3 fully saturated rings. The molecule has 4 aliphatic rings. The molecule has 10 heteroatoms. The van der Waals surface area contributed by atoms with E-state index in [1.54, 1.807) is 13.0 Å². The molecule has 6 unspecified atom stereocenters. The Hall–Kier alpha value is -3.23. The Morgan fingerprint density at radius 1 is 0.974 bits per heavy atom. The van der Waals surface area contributed by atoms with E-state index in [0.717, 1.165) is 21.4 Å². The number of halogens is 3. The van der Waals surface area contributed by atoms with Gasteiger partial charge < -0.3 is 5.11 Å². The number of allylic oxidation sites excluding steroid dienone is 2. The van der Waals surface area contributed by atoms with Gasteiger partial charge in [0.25, 0.3) is 0 Å². The normalized spacial score (nSPS) is 32.3. The van der Waals surface area contributed by atoms with E-state index < -0.39 is 52.6 Å². The molecule has 2 aromatic rings. The van der Waals surface area contributed by atoms with Crippen LogP contribution in [0.1, 0.15) is 31.2 Å². The zero-order valence-electron chi connectivity index (χ0n) is 20.5. The van der Waals surface area contributed by atoms with Crippen molar-refractivity contribution in [1.29, 1.82) is 0 Å². The van der Waals surface area contributed by atoms with Crippen LogP contribution >= 0.6 is 23.2 Å². The topological polar surface area (TPSA) is 95.0 Å². The van der Waals surface area contributed by atoms with E-state index in [4.69, 9.17) is 23.2 Å². The van der Waals surface area contributed by atoms with Crippen LogP contribution in [0.2, 0.25) is 10.0 Å². The van der Waals surface area contributed by atoms with Crippen molar-refractivity contribution < 1.29 is 28.7 Å². The van der Waals surface area contributed by atoms with Crippen molar-refractivity contribution in [2.24, 2.45) is 29.1 Å². The van der Waals surface area contributed by atoms with Gasteiger partial charge in [-0.2, -0.15) is 0 Å². The van der Waals surface area contributed by atoms with Gasteiger partial charge in [-0.15, -0.1) is 0 Å². The first-order valence-corrected chi connectivity index (χ1v) is 13.1. The number of fused-ring (bicyclic) bond motifs is 4. The largest absolute Gasteiger partial charge is 0.508 e. The zero-order chi connectivity index (χ0) is 27.3. The highest BCUT2D eigenvalue weighted by atomic mass is 35.5. The molecular weight excluding hydrogens is 534 g/mol. The molecule has 1 N–H and O–H groups in total. The van der Waals surface area contributed by atoms with E-state index in [0.29, 0.717) is 12.0 Å². The van der Waals surface area contributed by atoms with Crippen LogP contribution in [0.5, 0.6) is 5.75 Å². The van der Waals surface area contributed by atoms with Crippen LogP contribution in [0.4, 0.5) is 10.1 Å². The highest BCUT2D eigenvalue weighted by molar-refractivity contribution is 6.32. The third-order valence-corrected chi connectivity index (χ3v) is 9.57. The smallest absolute Gasteiger partial charge is 0.241 e. The summed E-state index contributed by atoms with van der Waals surface area (Å²) in [5.41, 5.74) is 0.177. The highest BCUT2D eigenvalue weighted by Gasteiger charge is 2.67. The molecule has 7 nitrogen and oxygen atoms in total. The number of aromatic hydroxyl groups is 1. The summed E-state index contributed by atoms with van der Waals surface area (Å²) in [6.45, 7) is 1.72. The first-order valence-electron chi connectivity index (χ1n) is 12.3. The molecule has 2 heterocycles. The summed E-state index contributed by atoms with van der Waals surface area (Å²) >= 11 is 12.6. The molecule has 2 aliphatic carbocycles. The predicted octanol–water partition coefficient (Wildman–Crippen LogP) is 4.70. The molecule has 4 amide bonds. The minimum atomic E-state index is -1.30. The second-order valence-corrected chi connectivity index (χ2v) is 11.5. The van der Waals surface area contributed by atoms with Gasteiger partial charge in [0, 0.05) is 18.0 Å². The molecule has 2 aromatic carbocycles. The molecule has 6 rings (SSSR count). The number of carbonyl (C=O) groups excluding carboxylic acids is 4. The number of phenolic OH excluding ortho intramolecular Hbond substituents is 1. The summed E-state index contributed by atoms with van der Waals surface area (Å²) in [6, 6.07) is 8.14. The standard InChI is InChI=1S/C28H23Cl2FN2O5/c1-28-18(25(36)33(27(28)38)12-3-8-21(31)20(30)9-12)11-17-14(23(28)15-5-4-13(34)10-19(15)29)6-7-16-22(17)26(37)32(2)24(16)35/h3-6,8-10,16-18,22-23,34H,7,11H2,1-2H3. The van der Waals surface area contributed by atoms with Crippen molar-refractivity contribution in [3.8, 4) is 5.75 Å². The summed E-state index contributed by atoms with van der Waals surface area (Å²) in [5, 5.41) is 10.0. The molecule has 0 radical (unpaired) electrons. The maximum atomic E-state index is 14.2. The average Bonchev–Trinajstić information content (AvgIpc) is 3.21. The lowest BCUT2D eigenvalue weighted by atomic mass is 9.51. The molecule has 196 valence electrons. The Morgan fingerprint density at radius 3 is 2.39 bits per heavy atom. The van der Waals surface area contributed by atoms with Gasteiger partial charge in [0.2, 0.25) is 23.6 Å². The van der Waals surface area contributed by atoms with Crippen LogP contribution in [0, 0.1) is 34.9 Å². The van der Waals surface area contributed by atoms with Gasteiger partial charge >= 0.3 is 0 Å². The maximum absolute atomic E-state index is 14.2. The Labute approximate surface area is 227 Å². The third-order valence-electron chi connectivity index (χ3n) is 8.95. The zero-order valence-corrected chi connectivity index (χ0v) is 22.0. The van der Waals surface area contributed by atoms with Crippen molar-refractivity contribution in [3.63, 3.8) is 0 Å². The average molecular weight is 557 g/mol. The van der Waals surface area contributed by atoms with Gasteiger partial charge in [-0.05, 0) is 61.6 Å². The summed E-state index contributed by atoms with van der Waals surface area (Å²) in [6.07, 6.45) is 2.44. The van der Waals surface area contributed by atoms with Crippen molar-refractivity contribution >= 4 is 52.5 Å². The Balaban J connectivity index is 1.55. The first kappa shape index (κ1) is 25.1. The quantitative estimate of drug-likeness (QED) is 0.427. The van der Waals surface area contributed by atoms with Crippen LogP contribution in [-0.2, 0) is 19.2 Å². The monoisotopic (exact) mass is 556 g/mol. The van der Waals surface area contributed by atoms with Gasteiger partial charge in [0.15, 0.2) is 0 Å². The molecule has 0 spiro atoms. The van der Waals surface area contributed by atoms with Crippen molar-refractivity contribution in [2.75, 3.05) is 11.9 Å². The number of amides is 4. The highest BCUT2D eigenvalue weighted by Crippen LogP contribution is 2.64. The van der Waals surface area contributed by atoms with Crippen LogP contribution in [0.25, 0.3) is 0 Å². The van der Waals surface area contributed by atoms with Gasteiger partial charge in [0.1, 0.15) is 11.6 Å². The molecule has 38 heavy (non-hydrogen) atoms. The molecule has 0 bridgehead atoms. The number of nitrogens with zero attached hydrogens (tertiary/aromatic N) is 2. The minimum absolute atomic E-state index is 0.0555. The van der Waals surface area contributed by atoms with Crippen molar-refractivity contribution in [2.45, 2.75) is 25.7 Å².